The van der Waals surface area contributed by atoms with Gasteiger partial charge >= 0.3 is 0 Å². The molecule has 1 amide bonds. The second-order valence-corrected chi connectivity index (χ2v) is 8.75. The first-order chi connectivity index (χ1) is 16.0. The summed E-state index contributed by atoms with van der Waals surface area (Å²) in [7, 11) is 0. The molecule has 2 aliphatic rings. The summed E-state index contributed by atoms with van der Waals surface area (Å²) in [6, 6.07) is 21.7. The Morgan fingerprint density at radius 1 is 1.00 bits per heavy atom. The van der Waals surface area contributed by atoms with Crippen LogP contribution in [0.2, 0.25) is 0 Å². The standard InChI is InChI=1S/C28H25NO4/c1-17(2)18-8-11-22(12-9-18)29-25(19-6-4-3-5-7-19)24(27(31)28(29)32)26(30)21-10-13-23-20(16-21)14-15-33-23/h3-13,16-17,25,30H,14-15H2,1-2H3/b26-24-. The van der Waals surface area contributed by atoms with Gasteiger partial charge in [0.05, 0.1) is 18.2 Å². The molecule has 1 saturated heterocycles. The lowest BCUT2D eigenvalue weighted by atomic mass is 9.94. The molecule has 2 aliphatic heterocycles. The van der Waals surface area contributed by atoms with Crippen LogP contribution in [0.25, 0.3) is 5.76 Å². The number of carbonyl (C=O) groups excluding carboxylic acids is 2. The zero-order chi connectivity index (χ0) is 23.1. The van der Waals surface area contributed by atoms with E-state index in [0.29, 0.717) is 23.8 Å². The van der Waals surface area contributed by atoms with Gasteiger partial charge in [-0.15, -0.1) is 0 Å². The van der Waals surface area contributed by atoms with Crippen LogP contribution in [0, 0.1) is 0 Å². The average molecular weight is 440 g/mol. The number of aliphatic hydroxyl groups excluding tert-OH is 1. The highest BCUT2D eigenvalue weighted by molar-refractivity contribution is 6.51. The smallest absolute Gasteiger partial charge is 0.300 e. The molecular formula is C28H25NO4. The Morgan fingerprint density at radius 3 is 2.42 bits per heavy atom. The molecule has 3 aromatic carbocycles. The number of carbonyl (C=O) groups is 2. The van der Waals surface area contributed by atoms with Gasteiger partial charge in [-0.1, -0.05) is 56.3 Å². The predicted octanol–water partition coefficient (Wildman–Crippen LogP) is 5.37. The number of Topliss-reactive ketones (excluding diaryl/α,β-unsaturated/α-hetero) is 1. The van der Waals surface area contributed by atoms with Crippen LogP contribution in [-0.2, 0) is 16.0 Å². The van der Waals surface area contributed by atoms with Crippen LogP contribution in [0.4, 0.5) is 5.69 Å². The number of hydrogen-bond acceptors (Lipinski definition) is 4. The van der Waals surface area contributed by atoms with Crippen LogP contribution < -0.4 is 9.64 Å². The molecule has 5 heteroatoms. The van der Waals surface area contributed by atoms with Crippen molar-refractivity contribution >= 4 is 23.1 Å². The number of aliphatic hydroxyl groups is 1. The molecule has 5 rings (SSSR count). The highest BCUT2D eigenvalue weighted by atomic mass is 16.5. The van der Waals surface area contributed by atoms with Crippen LogP contribution in [0.1, 0.15) is 48.1 Å². The maximum absolute atomic E-state index is 13.3. The van der Waals surface area contributed by atoms with Crippen LogP contribution >= 0.6 is 0 Å². The molecule has 3 aromatic rings. The van der Waals surface area contributed by atoms with Gasteiger partial charge in [-0.25, -0.2) is 0 Å². The Labute approximate surface area is 192 Å². The molecule has 0 radical (unpaired) electrons. The van der Waals surface area contributed by atoms with E-state index >= 15 is 0 Å². The van der Waals surface area contributed by atoms with E-state index in [9.17, 15) is 14.7 Å². The fourth-order valence-electron chi connectivity index (χ4n) is 4.56. The first kappa shape index (κ1) is 21.0. The van der Waals surface area contributed by atoms with Crippen molar-refractivity contribution in [1.82, 2.24) is 0 Å². The van der Waals surface area contributed by atoms with E-state index in [4.69, 9.17) is 4.74 Å². The van der Waals surface area contributed by atoms with Crippen molar-refractivity contribution in [2.45, 2.75) is 32.2 Å². The summed E-state index contributed by atoms with van der Waals surface area (Å²) in [5.74, 6) is -0.364. The molecule has 33 heavy (non-hydrogen) atoms. The highest BCUT2D eigenvalue weighted by Crippen LogP contribution is 2.42. The largest absolute Gasteiger partial charge is 0.507 e. The summed E-state index contributed by atoms with van der Waals surface area (Å²) in [5, 5.41) is 11.3. The fourth-order valence-corrected chi connectivity index (χ4v) is 4.56. The van der Waals surface area contributed by atoms with Crippen molar-refractivity contribution in [3.05, 3.63) is 101 Å². The van der Waals surface area contributed by atoms with Crippen molar-refractivity contribution in [2.24, 2.45) is 0 Å². The van der Waals surface area contributed by atoms with Gasteiger partial charge in [-0.2, -0.15) is 0 Å². The maximum atomic E-state index is 13.3. The average Bonchev–Trinajstić information content (AvgIpc) is 3.41. The SMILES string of the molecule is CC(C)c1ccc(N2C(=O)C(=O)/C(=C(\O)c3ccc4c(c3)CCO4)C2c2ccccc2)cc1. The van der Waals surface area contributed by atoms with Gasteiger partial charge < -0.3 is 9.84 Å². The summed E-state index contributed by atoms with van der Waals surface area (Å²) in [5.41, 5.74) is 4.11. The number of hydrogen-bond donors (Lipinski definition) is 1. The van der Waals surface area contributed by atoms with E-state index < -0.39 is 17.7 Å². The summed E-state index contributed by atoms with van der Waals surface area (Å²) in [6.07, 6.45) is 0.745. The van der Waals surface area contributed by atoms with E-state index in [2.05, 4.69) is 13.8 Å². The fraction of sp³-hybridized carbons (Fsp3) is 0.214. The van der Waals surface area contributed by atoms with Crippen molar-refractivity contribution in [3.63, 3.8) is 0 Å². The van der Waals surface area contributed by atoms with Gasteiger partial charge in [0.15, 0.2) is 0 Å². The van der Waals surface area contributed by atoms with E-state index in [-0.39, 0.29) is 11.3 Å². The molecule has 1 atom stereocenters. The third kappa shape index (κ3) is 3.59. The molecule has 0 bridgehead atoms. The summed E-state index contributed by atoms with van der Waals surface area (Å²) >= 11 is 0. The summed E-state index contributed by atoms with van der Waals surface area (Å²) < 4.78 is 5.56. The molecule has 0 aromatic heterocycles. The van der Waals surface area contributed by atoms with Gasteiger partial charge in [0.1, 0.15) is 11.5 Å². The first-order valence-electron chi connectivity index (χ1n) is 11.2. The molecule has 0 saturated carbocycles. The van der Waals surface area contributed by atoms with E-state index in [1.165, 1.54) is 4.90 Å². The van der Waals surface area contributed by atoms with Gasteiger partial charge in [-0.3, -0.25) is 14.5 Å². The number of ketones is 1. The third-order valence-electron chi connectivity index (χ3n) is 6.36. The number of benzene rings is 3. The Hall–Kier alpha value is -3.86. The van der Waals surface area contributed by atoms with E-state index in [1.807, 2.05) is 60.7 Å². The minimum atomic E-state index is -0.722. The second kappa shape index (κ2) is 8.24. The maximum Gasteiger partial charge on any atom is 0.300 e. The Morgan fingerprint density at radius 2 is 1.73 bits per heavy atom. The second-order valence-electron chi connectivity index (χ2n) is 8.75. The molecule has 1 N–H and O–H groups in total. The number of rotatable bonds is 4. The molecule has 0 aliphatic carbocycles. The Kier molecular flexibility index (Phi) is 5.25. The molecular weight excluding hydrogens is 414 g/mol. The van der Waals surface area contributed by atoms with Crippen molar-refractivity contribution < 1.29 is 19.4 Å². The number of anilines is 1. The van der Waals surface area contributed by atoms with E-state index in [0.717, 1.165) is 28.9 Å². The van der Waals surface area contributed by atoms with Crippen molar-refractivity contribution in [1.29, 1.82) is 0 Å². The molecule has 2 heterocycles. The normalized spacial score (nSPS) is 19.1. The van der Waals surface area contributed by atoms with Crippen molar-refractivity contribution in [2.75, 3.05) is 11.5 Å². The molecule has 0 spiro atoms. The van der Waals surface area contributed by atoms with E-state index in [1.54, 1.807) is 12.1 Å². The first-order valence-corrected chi connectivity index (χ1v) is 11.2. The highest BCUT2D eigenvalue weighted by Gasteiger charge is 2.47. The Balaban J connectivity index is 1.66. The molecule has 1 unspecified atom stereocenters. The van der Waals surface area contributed by atoms with Gasteiger partial charge in [0, 0.05) is 17.7 Å². The third-order valence-corrected chi connectivity index (χ3v) is 6.36. The zero-order valence-electron chi connectivity index (χ0n) is 18.6. The van der Waals surface area contributed by atoms with Crippen LogP contribution in [0.5, 0.6) is 5.75 Å². The van der Waals surface area contributed by atoms with Crippen LogP contribution in [-0.4, -0.2) is 23.4 Å². The zero-order valence-corrected chi connectivity index (χ0v) is 18.6. The minimum absolute atomic E-state index is 0.0954. The topological polar surface area (TPSA) is 66.8 Å². The predicted molar refractivity (Wildman–Crippen MR) is 127 cm³/mol. The molecule has 1 fully saturated rings. The number of nitrogens with zero attached hydrogens (tertiary/aromatic N) is 1. The lowest BCUT2D eigenvalue weighted by molar-refractivity contribution is -0.132. The summed E-state index contributed by atoms with van der Waals surface area (Å²) in [6.45, 7) is 4.81. The van der Waals surface area contributed by atoms with Crippen molar-refractivity contribution in [3.8, 4) is 5.75 Å². The summed E-state index contributed by atoms with van der Waals surface area (Å²) in [4.78, 5) is 28.0. The van der Waals surface area contributed by atoms with Crippen LogP contribution in [0.3, 0.4) is 0 Å². The molecule has 166 valence electrons. The number of amides is 1. The number of ether oxygens (including phenoxy) is 1. The van der Waals surface area contributed by atoms with Gasteiger partial charge in [0.25, 0.3) is 11.7 Å². The monoisotopic (exact) mass is 439 g/mol. The van der Waals surface area contributed by atoms with Gasteiger partial charge in [-0.05, 0) is 52.9 Å². The quantitative estimate of drug-likeness (QED) is 0.337. The van der Waals surface area contributed by atoms with Gasteiger partial charge in [0.2, 0.25) is 0 Å². The lowest BCUT2D eigenvalue weighted by Gasteiger charge is -2.25. The number of fused-ring (bicyclic) bond motifs is 1. The Bertz CT molecular complexity index is 1260. The van der Waals surface area contributed by atoms with Crippen LogP contribution in [0.15, 0.2) is 78.4 Å². The molecule has 5 nitrogen and oxygen atoms in total. The minimum Gasteiger partial charge on any atom is -0.507 e. The lowest BCUT2D eigenvalue weighted by Crippen LogP contribution is -2.29.